The summed E-state index contributed by atoms with van der Waals surface area (Å²) >= 11 is 0.393. The molecule has 0 aliphatic rings. The fraction of sp³-hybridized carbons (Fsp3) is 0.438. The Morgan fingerprint density at radius 3 is 2.31 bits per heavy atom. The van der Waals surface area contributed by atoms with Crippen LogP contribution in [0, 0.1) is 5.92 Å². The number of hydrogen-bond acceptors (Lipinski definition) is 5. The first kappa shape index (κ1) is 21.7. The number of ether oxygens (including phenoxy) is 1. The molecule has 7 nitrogen and oxygen atoms in total. The molecule has 4 N–H and O–H groups in total. The van der Waals surface area contributed by atoms with Gasteiger partial charge in [-0.15, -0.1) is 0 Å². The van der Waals surface area contributed by atoms with Gasteiger partial charge in [0.15, 0.2) is 6.61 Å². The average molecular weight is 389 g/mol. The van der Waals surface area contributed by atoms with Crippen molar-refractivity contribution in [1.29, 1.82) is 0 Å². The molecule has 3 amide bonds. The van der Waals surface area contributed by atoms with E-state index in [1.807, 2.05) is 13.8 Å². The molecule has 0 bridgehead atoms. The monoisotopic (exact) mass is 389 g/mol. The van der Waals surface area contributed by atoms with Crippen LogP contribution >= 0.6 is 11.8 Å². The zero-order valence-electron chi connectivity index (χ0n) is 14.3. The van der Waals surface area contributed by atoms with Crippen molar-refractivity contribution in [2.24, 2.45) is 11.7 Å². The summed E-state index contributed by atoms with van der Waals surface area (Å²) in [5.41, 5.74) is 5.40. The number of amides is 3. The average Bonchev–Trinajstić information content (AvgIpc) is 2.52. The third-order valence-corrected chi connectivity index (χ3v) is 3.74. The van der Waals surface area contributed by atoms with Crippen LogP contribution in [0.25, 0.3) is 0 Å². The Bertz CT molecular complexity index is 626. The summed E-state index contributed by atoms with van der Waals surface area (Å²) in [7, 11) is 0. The predicted octanol–water partition coefficient (Wildman–Crippen LogP) is 2.57. The Morgan fingerprint density at radius 2 is 1.81 bits per heavy atom. The molecule has 0 spiro atoms. The molecule has 0 fully saturated rings. The van der Waals surface area contributed by atoms with Gasteiger partial charge in [-0.3, -0.25) is 4.79 Å². The van der Waals surface area contributed by atoms with Crippen molar-refractivity contribution in [3.05, 3.63) is 24.3 Å². The first-order valence-corrected chi connectivity index (χ1v) is 8.62. The number of halogens is 2. The van der Waals surface area contributed by atoms with Crippen LogP contribution in [0.5, 0.6) is 0 Å². The lowest BCUT2D eigenvalue weighted by Crippen LogP contribution is -2.45. The van der Waals surface area contributed by atoms with E-state index in [4.69, 9.17) is 10.5 Å². The molecule has 0 unspecified atom stereocenters. The van der Waals surface area contributed by atoms with E-state index in [1.54, 1.807) is 0 Å². The van der Waals surface area contributed by atoms with Gasteiger partial charge in [0.2, 0.25) is 0 Å². The van der Waals surface area contributed by atoms with Crippen LogP contribution in [-0.4, -0.2) is 36.3 Å². The first-order chi connectivity index (χ1) is 12.2. The second-order valence-electron chi connectivity index (χ2n) is 5.75. The second kappa shape index (κ2) is 10.6. The minimum absolute atomic E-state index is 0.0952. The molecule has 26 heavy (non-hydrogen) atoms. The number of rotatable bonds is 9. The molecule has 0 aromatic heterocycles. The Morgan fingerprint density at radius 1 is 1.19 bits per heavy atom. The van der Waals surface area contributed by atoms with E-state index in [-0.39, 0.29) is 5.92 Å². The van der Waals surface area contributed by atoms with Crippen molar-refractivity contribution in [3.63, 3.8) is 0 Å². The number of carbonyl (C=O) groups is 3. The summed E-state index contributed by atoms with van der Waals surface area (Å²) in [4.78, 5) is 35.1. The molecular weight excluding hydrogens is 368 g/mol. The molecule has 10 heteroatoms. The van der Waals surface area contributed by atoms with Gasteiger partial charge >= 0.3 is 12.0 Å². The van der Waals surface area contributed by atoms with E-state index < -0.39 is 36.3 Å². The molecule has 0 saturated carbocycles. The van der Waals surface area contributed by atoms with Crippen LogP contribution in [0.2, 0.25) is 0 Å². The highest BCUT2D eigenvalue weighted by Gasteiger charge is 2.23. The molecule has 1 aromatic rings. The molecule has 144 valence electrons. The largest absolute Gasteiger partial charge is 0.454 e. The summed E-state index contributed by atoms with van der Waals surface area (Å²) in [6.45, 7) is 3.15. The minimum atomic E-state index is -2.53. The van der Waals surface area contributed by atoms with Gasteiger partial charge in [-0.2, -0.15) is 8.78 Å². The maximum absolute atomic E-state index is 12.2. The number of esters is 1. The second-order valence-corrected chi connectivity index (χ2v) is 6.81. The van der Waals surface area contributed by atoms with E-state index in [9.17, 15) is 23.2 Å². The van der Waals surface area contributed by atoms with Gasteiger partial charge in [-0.05, 0) is 36.6 Å². The number of thioether (sulfide) groups is 1. The molecule has 0 aliphatic heterocycles. The quantitative estimate of drug-likeness (QED) is 0.444. The number of alkyl halides is 2. The predicted molar refractivity (Wildman–Crippen MR) is 93.9 cm³/mol. The zero-order chi connectivity index (χ0) is 19.7. The minimum Gasteiger partial charge on any atom is -0.454 e. The molecule has 1 rings (SSSR count). The van der Waals surface area contributed by atoms with Gasteiger partial charge in [0.25, 0.3) is 11.7 Å². The van der Waals surface area contributed by atoms with Crippen molar-refractivity contribution in [2.75, 3.05) is 11.9 Å². The maximum Gasteiger partial charge on any atom is 0.329 e. The lowest BCUT2D eigenvalue weighted by molar-refractivity contribution is -0.149. The fourth-order valence-corrected chi connectivity index (χ4v) is 2.51. The first-order valence-electron chi connectivity index (χ1n) is 7.74. The molecule has 1 aromatic carbocycles. The molecule has 0 radical (unpaired) electrons. The van der Waals surface area contributed by atoms with E-state index in [0.29, 0.717) is 28.8 Å². The number of primary amides is 1. The number of benzene rings is 1. The maximum atomic E-state index is 12.2. The molecular formula is C16H21F2N3O4S. The van der Waals surface area contributed by atoms with E-state index in [1.165, 1.54) is 24.3 Å². The summed E-state index contributed by atoms with van der Waals surface area (Å²) in [5.74, 6) is -3.80. The van der Waals surface area contributed by atoms with E-state index >= 15 is 0 Å². The van der Waals surface area contributed by atoms with Crippen molar-refractivity contribution in [2.45, 2.75) is 37.0 Å². The smallest absolute Gasteiger partial charge is 0.329 e. The fourth-order valence-electron chi connectivity index (χ4n) is 2.01. The number of hydrogen-bond donors (Lipinski definition) is 3. The van der Waals surface area contributed by atoms with Gasteiger partial charge < -0.3 is 21.1 Å². The number of nitrogens with one attached hydrogen (secondary N) is 2. The lowest BCUT2D eigenvalue weighted by Gasteiger charge is -2.18. The summed E-state index contributed by atoms with van der Waals surface area (Å²) in [6.07, 6.45) is 0.312. The zero-order valence-corrected chi connectivity index (χ0v) is 15.1. The highest BCUT2D eigenvalue weighted by atomic mass is 32.2. The van der Waals surface area contributed by atoms with Crippen LogP contribution < -0.4 is 16.4 Å². The highest BCUT2D eigenvalue weighted by Crippen LogP contribution is 2.26. The third kappa shape index (κ3) is 8.65. The Hall–Kier alpha value is -2.36. The molecule has 0 saturated heterocycles. The van der Waals surface area contributed by atoms with Crippen molar-refractivity contribution < 1.29 is 27.9 Å². The van der Waals surface area contributed by atoms with Crippen molar-refractivity contribution in [1.82, 2.24) is 5.32 Å². The summed E-state index contributed by atoms with van der Waals surface area (Å²) in [5, 5.41) is 4.75. The van der Waals surface area contributed by atoms with Crippen molar-refractivity contribution >= 4 is 35.4 Å². The normalized spacial score (nSPS) is 11.9. The highest BCUT2D eigenvalue weighted by molar-refractivity contribution is 7.99. The SMILES string of the molecule is CC(C)C[C@H](NC(N)=O)C(=O)OCC(=O)Nc1ccc(SC(F)F)cc1. The Kier molecular flexibility index (Phi) is 8.83. The van der Waals surface area contributed by atoms with Gasteiger partial charge in [0, 0.05) is 10.6 Å². The van der Waals surface area contributed by atoms with Gasteiger partial charge in [0.1, 0.15) is 6.04 Å². The van der Waals surface area contributed by atoms with Gasteiger partial charge in [-0.25, -0.2) is 9.59 Å². The van der Waals surface area contributed by atoms with Crippen LogP contribution in [0.15, 0.2) is 29.2 Å². The Labute approximate surface area is 154 Å². The van der Waals surface area contributed by atoms with Gasteiger partial charge in [-0.1, -0.05) is 25.6 Å². The van der Waals surface area contributed by atoms with Crippen LogP contribution in [0.4, 0.5) is 19.3 Å². The molecule has 0 aliphatic carbocycles. The number of carbonyl (C=O) groups excluding carboxylic acids is 3. The topological polar surface area (TPSA) is 111 Å². The summed E-state index contributed by atoms with van der Waals surface area (Å²) < 4.78 is 29.4. The third-order valence-electron chi connectivity index (χ3n) is 3.02. The van der Waals surface area contributed by atoms with Crippen LogP contribution in [0.3, 0.4) is 0 Å². The van der Waals surface area contributed by atoms with E-state index in [2.05, 4.69) is 10.6 Å². The van der Waals surface area contributed by atoms with Crippen LogP contribution in [-0.2, 0) is 14.3 Å². The number of nitrogens with two attached hydrogens (primary N) is 1. The number of urea groups is 1. The Balaban J connectivity index is 2.51. The molecule has 1 atom stereocenters. The van der Waals surface area contributed by atoms with Crippen LogP contribution in [0.1, 0.15) is 20.3 Å². The van der Waals surface area contributed by atoms with E-state index in [0.717, 1.165) is 0 Å². The number of anilines is 1. The van der Waals surface area contributed by atoms with Crippen molar-refractivity contribution in [3.8, 4) is 0 Å². The van der Waals surface area contributed by atoms with Gasteiger partial charge in [0.05, 0.1) is 0 Å². The molecule has 0 heterocycles. The summed E-state index contributed by atoms with van der Waals surface area (Å²) in [6, 6.07) is 3.99. The lowest BCUT2D eigenvalue weighted by atomic mass is 10.0. The standard InChI is InChI=1S/C16H21F2N3O4S/c1-9(2)7-12(21-16(19)24)14(23)25-8-13(22)20-10-3-5-11(6-4-10)26-15(17)18/h3-6,9,12,15H,7-8H2,1-2H3,(H,20,22)(H3,19,21,24)/t12-/m0/s1.